The fraction of sp³-hybridized carbons (Fsp3) is 0.600. The summed E-state index contributed by atoms with van der Waals surface area (Å²) in [7, 11) is 0. The molecule has 1 aromatic rings. The number of rotatable bonds is 7. The van der Waals surface area contributed by atoms with Crippen LogP contribution in [0.5, 0.6) is 0 Å². The predicted molar refractivity (Wildman–Crippen MR) is 72.2 cm³/mol. The van der Waals surface area contributed by atoms with Gasteiger partial charge in [-0.1, -0.05) is 25.1 Å². The smallest absolute Gasteiger partial charge is 0.129 e. The molecule has 1 aliphatic carbocycles. The van der Waals surface area contributed by atoms with Crippen molar-refractivity contribution in [2.45, 2.75) is 31.9 Å². The third kappa shape index (κ3) is 3.75. The summed E-state index contributed by atoms with van der Waals surface area (Å²) in [6.07, 6.45) is 1.51. The minimum atomic E-state index is -0.804. The highest BCUT2D eigenvalue weighted by atomic mass is 19.1. The van der Waals surface area contributed by atoms with Crippen LogP contribution in [0.2, 0.25) is 0 Å². The van der Waals surface area contributed by atoms with E-state index in [2.05, 4.69) is 4.90 Å². The first-order valence-electron chi connectivity index (χ1n) is 6.91. The predicted octanol–water partition coefficient (Wildman–Crippen LogP) is 1.95. The summed E-state index contributed by atoms with van der Waals surface area (Å²) in [4.78, 5) is 2.19. The maximum atomic E-state index is 13.6. The lowest BCUT2D eigenvalue weighted by Gasteiger charge is -2.28. The van der Waals surface area contributed by atoms with Crippen LogP contribution in [0.1, 0.15) is 31.4 Å². The fourth-order valence-corrected chi connectivity index (χ4v) is 2.48. The van der Waals surface area contributed by atoms with Crippen molar-refractivity contribution in [1.29, 1.82) is 0 Å². The van der Waals surface area contributed by atoms with Crippen LogP contribution < -0.4 is 0 Å². The molecule has 2 N–H and O–H groups in total. The third-order valence-electron chi connectivity index (χ3n) is 3.74. The van der Waals surface area contributed by atoms with E-state index in [4.69, 9.17) is 5.11 Å². The Morgan fingerprint density at radius 3 is 2.63 bits per heavy atom. The number of nitrogens with zero attached hydrogens (tertiary/aromatic N) is 1. The van der Waals surface area contributed by atoms with Crippen LogP contribution in [0.15, 0.2) is 24.3 Å². The van der Waals surface area contributed by atoms with Gasteiger partial charge < -0.3 is 10.2 Å². The molecule has 19 heavy (non-hydrogen) atoms. The molecule has 0 aliphatic heterocycles. The van der Waals surface area contributed by atoms with Crippen molar-refractivity contribution in [3.8, 4) is 0 Å². The van der Waals surface area contributed by atoms with E-state index in [0.717, 1.165) is 12.8 Å². The van der Waals surface area contributed by atoms with Gasteiger partial charge in [-0.3, -0.25) is 4.90 Å². The quantitative estimate of drug-likeness (QED) is 0.793. The van der Waals surface area contributed by atoms with E-state index in [1.807, 2.05) is 6.92 Å². The van der Waals surface area contributed by atoms with Gasteiger partial charge in [-0.2, -0.15) is 0 Å². The zero-order valence-electron chi connectivity index (χ0n) is 11.3. The largest absolute Gasteiger partial charge is 0.395 e. The second-order valence-electron chi connectivity index (χ2n) is 5.39. The van der Waals surface area contributed by atoms with Gasteiger partial charge in [0, 0.05) is 24.7 Å². The number of benzene rings is 1. The SMILES string of the molecule is CC(CN(CCO)C1CC1)C(O)c1ccccc1F. The highest BCUT2D eigenvalue weighted by molar-refractivity contribution is 5.20. The van der Waals surface area contributed by atoms with E-state index in [9.17, 15) is 9.50 Å². The van der Waals surface area contributed by atoms with E-state index in [-0.39, 0.29) is 18.3 Å². The fourth-order valence-electron chi connectivity index (χ4n) is 2.48. The first kappa shape index (κ1) is 14.4. The van der Waals surface area contributed by atoms with Crippen molar-refractivity contribution in [2.75, 3.05) is 19.7 Å². The second-order valence-corrected chi connectivity index (χ2v) is 5.39. The molecule has 0 bridgehead atoms. The Bertz CT molecular complexity index is 409. The molecular weight excluding hydrogens is 245 g/mol. The van der Waals surface area contributed by atoms with Crippen molar-refractivity contribution in [3.63, 3.8) is 0 Å². The van der Waals surface area contributed by atoms with Gasteiger partial charge in [0.15, 0.2) is 0 Å². The maximum Gasteiger partial charge on any atom is 0.129 e. The molecule has 0 amide bonds. The third-order valence-corrected chi connectivity index (χ3v) is 3.74. The van der Waals surface area contributed by atoms with Gasteiger partial charge in [0.1, 0.15) is 5.82 Å². The maximum absolute atomic E-state index is 13.6. The number of aliphatic hydroxyl groups is 2. The van der Waals surface area contributed by atoms with E-state index >= 15 is 0 Å². The average molecular weight is 267 g/mol. The minimum Gasteiger partial charge on any atom is -0.395 e. The molecule has 3 nitrogen and oxygen atoms in total. The molecule has 1 aromatic carbocycles. The molecular formula is C15H22FNO2. The summed E-state index contributed by atoms with van der Waals surface area (Å²) < 4.78 is 13.6. The monoisotopic (exact) mass is 267 g/mol. The van der Waals surface area contributed by atoms with Crippen molar-refractivity contribution < 1.29 is 14.6 Å². The first-order chi connectivity index (χ1) is 9.13. The lowest BCUT2D eigenvalue weighted by Crippen LogP contribution is -2.35. The number of halogens is 1. The Kier molecular flexibility index (Phi) is 4.91. The lowest BCUT2D eigenvalue weighted by molar-refractivity contribution is 0.0762. The van der Waals surface area contributed by atoms with Crippen molar-refractivity contribution in [3.05, 3.63) is 35.6 Å². The molecule has 0 saturated heterocycles. The Labute approximate surface area is 113 Å². The van der Waals surface area contributed by atoms with Gasteiger partial charge in [0.25, 0.3) is 0 Å². The topological polar surface area (TPSA) is 43.7 Å². The van der Waals surface area contributed by atoms with Crippen molar-refractivity contribution in [2.24, 2.45) is 5.92 Å². The van der Waals surface area contributed by atoms with Crippen LogP contribution in [0.3, 0.4) is 0 Å². The van der Waals surface area contributed by atoms with E-state index < -0.39 is 6.10 Å². The van der Waals surface area contributed by atoms with Gasteiger partial charge in [-0.05, 0) is 24.8 Å². The summed E-state index contributed by atoms with van der Waals surface area (Å²) in [5.41, 5.74) is 0.356. The molecule has 0 radical (unpaired) electrons. The van der Waals surface area contributed by atoms with Gasteiger partial charge in [-0.15, -0.1) is 0 Å². The normalized spacial score (nSPS) is 18.6. The second kappa shape index (κ2) is 6.46. The van der Waals surface area contributed by atoms with E-state index in [1.54, 1.807) is 18.2 Å². The first-order valence-corrected chi connectivity index (χ1v) is 6.91. The Hall–Kier alpha value is -0.970. The van der Waals surface area contributed by atoms with Crippen LogP contribution in [-0.4, -0.2) is 40.9 Å². The Balaban J connectivity index is 1.98. The van der Waals surface area contributed by atoms with E-state index in [0.29, 0.717) is 24.7 Å². The molecule has 4 heteroatoms. The molecule has 106 valence electrons. The molecule has 1 fully saturated rings. The van der Waals surface area contributed by atoms with Crippen LogP contribution in [0, 0.1) is 11.7 Å². The van der Waals surface area contributed by atoms with Crippen molar-refractivity contribution in [1.82, 2.24) is 4.90 Å². The molecule has 1 saturated carbocycles. The van der Waals surface area contributed by atoms with Gasteiger partial charge >= 0.3 is 0 Å². The number of hydrogen-bond acceptors (Lipinski definition) is 3. The van der Waals surface area contributed by atoms with Gasteiger partial charge in [0.2, 0.25) is 0 Å². The summed E-state index contributed by atoms with van der Waals surface area (Å²) >= 11 is 0. The summed E-state index contributed by atoms with van der Waals surface area (Å²) in [6, 6.07) is 6.89. The van der Waals surface area contributed by atoms with Gasteiger partial charge in [-0.25, -0.2) is 4.39 Å². The zero-order chi connectivity index (χ0) is 13.8. The molecule has 0 spiro atoms. The van der Waals surface area contributed by atoms with Crippen LogP contribution in [-0.2, 0) is 0 Å². The van der Waals surface area contributed by atoms with E-state index in [1.165, 1.54) is 6.07 Å². The van der Waals surface area contributed by atoms with Crippen molar-refractivity contribution >= 4 is 0 Å². The number of aliphatic hydroxyl groups excluding tert-OH is 2. The minimum absolute atomic E-state index is 0.0657. The molecule has 2 atom stereocenters. The summed E-state index contributed by atoms with van der Waals surface area (Å²) in [5, 5.41) is 19.3. The van der Waals surface area contributed by atoms with Gasteiger partial charge in [0.05, 0.1) is 12.7 Å². The standard InChI is InChI=1S/C15H22FNO2/c1-11(10-17(8-9-18)12-6-7-12)15(19)13-4-2-3-5-14(13)16/h2-5,11-12,15,18-19H,6-10H2,1H3. The zero-order valence-corrected chi connectivity index (χ0v) is 11.3. The summed E-state index contributed by atoms with van der Waals surface area (Å²) in [6.45, 7) is 3.35. The average Bonchev–Trinajstić information content (AvgIpc) is 3.22. The molecule has 0 heterocycles. The van der Waals surface area contributed by atoms with Crippen LogP contribution >= 0.6 is 0 Å². The molecule has 2 rings (SSSR count). The molecule has 0 aromatic heterocycles. The van der Waals surface area contributed by atoms with Crippen LogP contribution in [0.4, 0.5) is 4.39 Å². The number of hydrogen-bond donors (Lipinski definition) is 2. The summed E-state index contributed by atoms with van der Waals surface area (Å²) in [5.74, 6) is -0.425. The Morgan fingerprint density at radius 2 is 2.05 bits per heavy atom. The molecule has 1 aliphatic rings. The highest BCUT2D eigenvalue weighted by Gasteiger charge is 2.31. The Morgan fingerprint density at radius 1 is 1.37 bits per heavy atom. The highest BCUT2D eigenvalue weighted by Crippen LogP contribution is 2.30. The lowest BCUT2D eigenvalue weighted by atomic mass is 9.96. The van der Waals surface area contributed by atoms with Crippen LogP contribution in [0.25, 0.3) is 0 Å². The molecule has 2 unspecified atom stereocenters.